The Balaban J connectivity index is 1.38. The summed E-state index contributed by atoms with van der Waals surface area (Å²) in [5.74, 6) is 2.47. The molecule has 2 aromatic carbocycles. The van der Waals surface area contributed by atoms with E-state index in [4.69, 9.17) is 20.6 Å². The van der Waals surface area contributed by atoms with Gasteiger partial charge in [0.25, 0.3) is 11.8 Å². The first-order chi connectivity index (χ1) is 18.0. The maximum Gasteiger partial charge on any atom is 0.257 e. The summed E-state index contributed by atoms with van der Waals surface area (Å²) in [6.45, 7) is 7.47. The normalized spacial score (nSPS) is 12.4. The van der Waals surface area contributed by atoms with Crippen LogP contribution in [-0.2, 0) is 13.1 Å². The first-order valence-corrected chi connectivity index (χ1v) is 12.6. The van der Waals surface area contributed by atoms with Gasteiger partial charge < -0.3 is 9.05 Å². The number of hydrogen-bond acceptors (Lipinski definition) is 8. The van der Waals surface area contributed by atoms with Crippen LogP contribution in [0.2, 0.25) is 0 Å². The fourth-order valence-electron chi connectivity index (χ4n) is 4.15. The largest absolute Gasteiger partial charge is 0.334 e. The molecule has 0 saturated carbocycles. The molecule has 1 atom stereocenters. The van der Waals surface area contributed by atoms with Crippen molar-refractivity contribution in [3.63, 3.8) is 0 Å². The van der Waals surface area contributed by atoms with Crippen molar-refractivity contribution < 1.29 is 9.05 Å². The molecule has 0 aliphatic carbocycles. The molecule has 0 spiro atoms. The molecular weight excluding hydrogens is 490 g/mol. The van der Waals surface area contributed by atoms with Gasteiger partial charge in [0.2, 0.25) is 0 Å². The molecule has 0 unspecified atom stereocenters. The van der Waals surface area contributed by atoms with Crippen LogP contribution in [0.15, 0.2) is 70.0 Å². The molecule has 5 aromatic rings. The van der Waals surface area contributed by atoms with Crippen LogP contribution in [-0.4, -0.2) is 47.4 Å². The Morgan fingerprint density at radius 3 is 1.86 bits per heavy atom. The number of aryl methyl sites for hydroxylation is 3. The lowest BCUT2D eigenvalue weighted by Gasteiger charge is -2.24. The van der Waals surface area contributed by atoms with Gasteiger partial charge in [-0.15, -0.1) is 11.6 Å². The molecule has 37 heavy (non-hydrogen) atoms. The number of hydrogen-bond donors (Lipinski definition) is 0. The van der Waals surface area contributed by atoms with Crippen LogP contribution in [0.25, 0.3) is 22.9 Å². The average molecular weight is 518 g/mol. The van der Waals surface area contributed by atoms with Crippen molar-refractivity contribution in [3.8, 4) is 22.9 Å². The smallest absolute Gasteiger partial charge is 0.257 e. The summed E-state index contributed by atoms with van der Waals surface area (Å²) in [7, 11) is 0. The van der Waals surface area contributed by atoms with E-state index < -0.39 is 0 Å². The summed E-state index contributed by atoms with van der Waals surface area (Å²) in [5.41, 5.74) is 5.09. The van der Waals surface area contributed by atoms with E-state index >= 15 is 0 Å². The fourth-order valence-corrected chi connectivity index (χ4v) is 4.38. The van der Waals surface area contributed by atoms with Crippen molar-refractivity contribution in [2.75, 3.05) is 12.4 Å². The third kappa shape index (κ3) is 6.12. The highest BCUT2D eigenvalue weighted by Gasteiger charge is 2.21. The Kier molecular flexibility index (Phi) is 7.43. The molecule has 0 amide bonds. The lowest BCUT2D eigenvalue weighted by molar-refractivity contribution is 0.202. The van der Waals surface area contributed by atoms with E-state index in [1.807, 2.05) is 86.4 Å². The van der Waals surface area contributed by atoms with Crippen LogP contribution in [0, 0.1) is 20.8 Å². The van der Waals surface area contributed by atoms with Crippen molar-refractivity contribution in [1.82, 2.24) is 35.0 Å². The molecule has 9 nitrogen and oxygen atoms in total. The Labute approximate surface area is 220 Å². The van der Waals surface area contributed by atoms with Gasteiger partial charge in [0, 0.05) is 29.7 Å². The minimum atomic E-state index is -0.0679. The zero-order valence-corrected chi connectivity index (χ0v) is 21.8. The monoisotopic (exact) mass is 517 g/mol. The van der Waals surface area contributed by atoms with E-state index in [0.29, 0.717) is 48.9 Å². The van der Waals surface area contributed by atoms with Crippen LogP contribution in [0.4, 0.5) is 0 Å². The van der Waals surface area contributed by atoms with Gasteiger partial charge in [0.1, 0.15) is 0 Å². The van der Waals surface area contributed by atoms with Crippen molar-refractivity contribution >= 4 is 11.6 Å². The minimum absolute atomic E-state index is 0.0679. The highest BCUT2D eigenvalue weighted by Crippen LogP contribution is 2.22. The third-order valence-corrected chi connectivity index (χ3v) is 6.30. The van der Waals surface area contributed by atoms with Gasteiger partial charge in [0.15, 0.2) is 11.6 Å². The molecule has 190 valence electrons. The maximum absolute atomic E-state index is 6.37. The maximum atomic E-state index is 6.37. The predicted molar refractivity (Wildman–Crippen MR) is 140 cm³/mol. The summed E-state index contributed by atoms with van der Waals surface area (Å²) in [4.78, 5) is 11.4. The van der Waals surface area contributed by atoms with Crippen LogP contribution in [0.5, 0.6) is 0 Å². The van der Waals surface area contributed by atoms with E-state index in [0.717, 1.165) is 27.8 Å². The third-order valence-electron chi connectivity index (χ3n) is 5.95. The molecule has 10 heteroatoms. The van der Waals surface area contributed by atoms with E-state index in [2.05, 4.69) is 30.3 Å². The Morgan fingerprint density at radius 1 is 0.838 bits per heavy atom. The first kappa shape index (κ1) is 24.9. The molecule has 0 N–H and O–H groups in total. The number of benzene rings is 2. The van der Waals surface area contributed by atoms with E-state index in [1.165, 1.54) is 0 Å². The van der Waals surface area contributed by atoms with Crippen molar-refractivity contribution in [2.24, 2.45) is 0 Å². The van der Waals surface area contributed by atoms with Gasteiger partial charge in [0.05, 0.1) is 25.3 Å². The summed E-state index contributed by atoms with van der Waals surface area (Å²) in [5, 5.41) is 12.9. The second kappa shape index (κ2) is 11.1. The van der Waals surface area contributed by atoms with Gasteiger partial charge in [-0.1, -0.05) is 45.7 Å². The van der Waals surface area contributed by atoms with Crippen LogP contribution >= 0.6 is 11.6 Å². The highest BCUT2D eigenvalue weighted by atomic mass is 35.5. The molecular formula is C27H28ClN7O2. The van der Waals surface area contributed by atoms with Crippen molar-refractivity contribution in [3.05, 3.63) is 89.3 Å². The number of halogens is 1. The molecule has 0 radical (unpaired) electrons. The zero-order chi connectivity index (χ0) is 25.8. The standard InChI is InChI=1S/C27H28ClN7O2/c1-18-6-4-8-21(10-18)26-30-24(32-36-26)16-34(15-23(12-28)35-14-20(3)13-29-35)17-25-31-27(37-33-25)22-9-5-7-19(2)11-22/h4-11,13-14,23H,12,15-17H2,1-3H3/t23-/m1/s1. The Hall–Kier alpha value is -3.82. The van der Waals surface area contributed by atoms with Gasteiger partial charge >= 0.3 is 0 Å². The molecule has 5 rings (SSSR count). The van der Waals surface area contributed by atoms with Crippen molar-refractivity contribution in [2.45, 2.75) is 39.9 Å². The van der Waals surface area contributed by atoms with Crippen LogP contribution < -0.4 is 0 Å². The molecule has 0 aliphatic rings. The number of rotatable bonds is 10. The van der Waals surface area contributed by atoms with E-state index in [9.17, 15) is 0 Å². The number of aromatic nitrogens is 6. The second-order valence-electron chi connectivity index (χ2n) is 9.25. The first-order valence-electron chi connectivity index (χ1n) is 12.0. The molecule has 0 aliphatic heterocycles. The Bertz CT molecular complexity index is 1390. The molecule has 0 bridgehead atoms. The number of alkyl halides is 1. The lowest BCUT2D eigenvalue weighted by atomic mass is 10.1. The molecule has 3 aromatic heterocycles. The Morgan fingerprint density at radius 2 is 1.41 bits per heavy atom. The van der Waals surface area contributed by atoms with Gasteiger partial charge in [-0.05, 0) is 50.6 Å². The zero-order valence-electron chi connectivity index (χ0n) is 21.0. The fraction of sp³-hybridized carbons (Fsp3) is 0.296. The highest BCUT2D eigenvalue weighted by molar-refractivity contribution is 6.18. The topological polar surface area (TPSA) is 98.9 Å². The summed E-state index contributed by atoms with van der Waals surface area (Å²) in [6.07, 6.45) is 3.81. The predicted octanol–water partition coefficient (Wildman–Crippen LogP) is 5.39. The van der Waals surface area contributed by atoms with Gasteiger partial charge in [-0.3, -0.25) is 9.58 Å². The lowest BCUT2D eigenvalue weighted by Crippen LogP contribution is -2.32. The van der Waals surface area contributed by atoms with Gasteiger partial charge in [-0.2, -0.15) is 15.1 Å². The quantitative estimate of drug-likeness (QED) is 0.227. The van der Waals surface area contributed by atoms with Crippen molar-refractivity contribution in [1.29, 1.82) is 0 Å². The summed E-state index contributed by atoms with van der Waals surface area (Å²) in [6, 6.07) is 15.9. The summed E-state index contributed by atoms with van der Waals surface area (Å²) >= 11 is 6.37. The molecule has 0 saturated heterocycles. The number of nitrogens with zero attached hydrogens (tertiary/aromatic N) is 7. The molecule has 3 heterocycles. The second-order valence-corrected chi connectivity index (χ2v) is 9.55. The summed E-state index contributed by atoms with van der Waals surface area (Å²) < 4.78 is 13.0. The van der Waals surface area contributed by atoms with E-state index in [-0.39, 0.29) is 6.04 Å². The van der Waals surface area contributed by atoms with Crippen LogP contribution in [0.3, 0.4) is 0 Å². The van der Waals surface area contributed by atoms with Gasteiger partial charge in [-0.25, -0.2) is 0 Å². The minimum Gasteiger partial charge on any atom is -0.334 e. The van der Waals surface area contributed by atoms with E-state index in [1.54, 1.807) is 0 Å². The SMILES string of the molecule is Cc1cccc(-c2nc(CN(Cc3noc(-c4cccc(C)c4)n3)C[C@@H](CCl)n3cc(C)cn3)no2)c1. The molecule has 0 fully saturated rings. The average Bonchev–Trinajstić information content (AvgIpc) is 3.64. The van der Waals surface area contributed by atoms with Crippen LogP contribution in [0.1, 0.15) is 34.4 Å².